The Balaban J connectivity index is 2.07. The molecule has 1 atom stereocenters. The second-order valence-corrected chi connectivity index (χ2v) is 4.62. The first-order chi connectivity index (χ1) is 8.11. The van der Waals surface area contributed by atoms with E-state index in [0.29, 0.717) is 24.8 Å². The molecule has 1 unspecified atom stereocenters. The van der Waals surface area contributed by atoms with E-state index in [1.54, 1.807) is 4.68 Å². The summed E-state index contributed by atoms with van der Waals surface area (Å²) in [6.45, 7) is 4.68. The standard InChI is InChI=1S/C11H16ClN3O2/c1-8-10(11(12)14(2)13-8)6-15-3-4-17-9(5-15)7-16/h7,9H,3-6H2,1-2H3. The maximum Gasteiger partial charge on any atom is 0.150 e. The summed E-state index contributed by atoms with van der Waals surface area (Å²) < 4.78 is 6.97. The molecule has 1 aromatic rings. The Morgan fingerprint density at radius 2 is 2.41 bits per heavy atom. The summed E-state index contributed by atoms with van der Waals surface area (Å²) in [5.41, 5.74) is 1.97. The second kappa shape index (κ2) is 5.16. The summed E-state index contributed by atoms with van der Waals surface area (Å²) in [4.78, 5) is 12.9. The molecule has 1 fully saturated rings. The van der Waals surface area contributed by atoms with Crippen molar-refractivity contribution < 1.29 is 9.53 Å². The Morgan fingerprint density at radius 1 is 1.65 bits per heavy atom. The number of carbonyl (C=O) groups excluding carboxylic acids is 1. The van der Waals surface area contributed by atoms with Crippen molar-refractivity contribution in [3.63, 3.8) is 0 Å². The molecule has 0 amide bonds. The van der Waals surface area contributed by atoms with E-state index in [9.17, 15) is 4.79 Å². The molecule has 5 nitrogen and oxygen atoms in total. The summed E-state index contributed by atoms with van der Waals surface area (Å²) >= 11 is 6.18. The first-order valence-electron chi connectivity index (χ1n) is 5.59. The Labute approximate surface area is 105 Å². The number of hydrogen-bond donors (Lipinski definition) is 0. The quantitative estimate of drug-likeness (QED) is 0.751. The second-order valence-electron chi connectivity index (χ2n) is 4.26. The molecular weight excluding hydrogens is 242 g/mol. The summed E-state index contributed by atoms with van der Waals surface area (Å²) in [5.74, 6) is 0. The van der Waals surface area contributed by atoms with E-state index < -0.39 is 0 Å². The van der Waals surface area contributed by atoms with Crippen molar-refractivity contribution in [2.75, 3.05) is 19.7 Å². The van der Waals surface area contributed by atoms with Gasteiger partial charge in [-0.05, 0) is 6.92 Å². The maximum atomic E-state index is 10.7. The van der Waals surface area contributed by atoms with E-state index in [-0.39, 0.29) is 6.10 Å². The van der Waals surface area contributed by atoms with Crippen LogP contribution in [0.5, 0.6) is 0 Å². The van der Waals surface area contributed by atoms with Crippen molar-refractivity contribution in [1.82, 2.24) is 14.7 Å². The fourth-order valence-corrected chi connectivity index (χ4v) is 2.27. The smallest absolute Gasteiger partial charge is 0.150 e. The monoisotopic (exact) mass is 257 g/mol. The minimum absolute atomic E-state index is 0.320. The molecule has 1 aliphatic heterocycles. The van der Waals surface area contributed by atoms with Crippen LogP contribution in [0.3, 0.4) is 0 Å². The normalized spacial score (nSPS) is 21.7. The van der Waals surface area contributed by atoms with Crippen LogP contribution in [-0.2, 0) is 23.1 Å². The maximum absolute atomic E-state index is 10.7. The number of nitrogens with zero attached hydrogens (tertiary/aromatic N) is 3. The number of hydrogen-bond acceptors (Lipinski definition) is 4. The molecular formula is C11H16ClN3O2. The largest absolute Gasteiger partial charge is 0.368 e. The van der Waals surface area contributed by atoms with Gasteiger partial charge in [-0.3, -0.25) is 9.58 Å². The number of aldehydes is 1. The molecule has 2 heterocycles. The van der Waals surface area contributed by atoms with E-state index >= 15 is 0 Å². The number of rotatable bonds is 3. The lowest BCUT2D eigenvalue weighted by atomic mass is 10.2. The van der Waals surface area contributed by atoms with Crippen LogP contribution in [0.4, 0.5) is 0 Å². The van der Waals surface area contributed by atoms with Gasteiger partial charge in [0.05, 0.1) is 12.3 Å². The summed E-state index contributed by atoms with van der Waals surface area (Å²) in [6.07, 6.45) is 0.531. The van der Waals surface area contributed by atoms with Crippen LogP contribution in [0.2, 0.25) is 5.15 Å². The SMILES string of the molecule is Cc1nn(C)c(Cl)c1CN1CCOC(C=O)C1. The van der Waals surface area contributed by atoms with Crippen LogP contribution in [0.25, 0.3) is 0 Å². The fourth-order valence-electron chi connectivity index (χ4n) is 2.03. The van der Waals surface area contributed by atoms with Crippen molar-refractivity contribution in [2.24, 2.45) is 7.05 Å². The first-order valence-corrected chi connectivity index (χ1v) is 5.97. The predicted octanol–water partition coefficient (Wildman–Crippen LogP) is 0.782. The third-order valence-corrected chi connectivity index (χ3v) is 3.45. The van der Waals surface area contributed by atoms with Gasteiger partial charge in [0.15, 0.2) is 0 Å². The summed E-state index contributed by atoms with van der Waals surface area (Å²) in [5, 5.41) is 4.94. The summed E-state index contributed by atoms with van der Waals surface area (Å²) in [6, 6.07) is 0. The lowest BCUT2D eigenvalue weighted by molar-refractivity contribution is -0.123. The highest BCUT2D eigenvalue weighted by molar-refractivity contribution is 6.30. The number of carbonyl (C=O) groups is 1. The average Bonchev–Trinajstić information content (AvgIpc) is 2.56. The molecule has 17 heavy (non-hydrogen) atoms. The Kier molecular flexibility index (Phi) is 3.81. The summed E-state index contributed by atoms with van der Waals surface area (Å²) in [7, 11) is 1.83. The lowest BCUT2D eigenvalue weighted by Crippen LogP contribution is -2.42. The Bertz CT molecular complexity index is 419. The zero-order valence-electron chi connectivity index (χ0n) is 10.0. The van der Waals surface area contributed by atoms with Crippen LogP contribution >= 0.6 is 11.6 Å². The van der Waals surface area contributed by atoms with Crippen molar-refractivity contribution in [3.05, 3.63) is 16.4 Å². The van der Waals surface area contributed by atoms with Gasteiger partial charge in [-0.1, -0.05) is 11.6 Å². The van der Waals surface area contributed by atoms with Crippen molar-refractivity contribution >= 4 is 17.9 Å². The topological polar surface area (TPSA) is 47.4 Å². The van der Waals surface area contributed by atoms with Crippen molar-refractivity contribution in [1.29, 1.82) is 0 Å². The Morgan fingerprint density at radius 3 is 3.00 bits per heavy atom. The third kappa shape index (κ3) is 2.68. The highest BCUT2D eigenvalue weighted by atomic mass is 35.5. The van der Waals surface area contributed by atoms with Crippen molar-refractivity contribution in [2.45, 2.75) is 19.6 Å². The van der Waals surface area contributed by atoms with Gasteiger partial charge >= 0.3 is 0 Å². The number of aryl methyl sites for hydroxylation is 2. The van der Waals surface area contributed by atoms with Crippen LogP contribution in [-0.4, -0.2) is 46.8 Å². The molecule has 0 aromatic carbocycles. The van der Waals surface area contributed by atoms with Gasteiger partial charge in [0, 0.05) is 32.2 Å². The molecule has 0 saturated carbocycles. The zero-order valence-corrected chi connectivity index (χ0v) is 10.8. The van der Waals surface area contributed by atoms with E-state index in [4.69, 9.17) is 16.3 Å². The minimum Gasteiger partial charge on any atom is -0.368 e. The van der Waals surface area contributed by atoms with Crippen LogP contribution < -0.4 is 0 Å². The van der Waals surface area contributed by atoms with Gasteiger partial charge < -0.3 is 9.53 Å². The van der Waals surface area contributed by atoms with Gasteiger partial charge in [-0.25, -0.2) is 0 Å². The van der Waals surface area contributed by atoms with Crippen LogP contribution in [0.1, 0.15) is 11.3 Å². The number of aromatic nitrogens is 2. The third-order valence-electron chi connectivity index (χ3n) is 2.98. The number of halogens is 1. The fraction of sp³-hybridized carbons (Fsp3) is 0.636. The van der Waals surface area contributed by atoms with E-state index in [1.165, 1.54) is 0 Å². The highest BCUT2D eigenvalue weighted by Gasteiger charge is 2.22. The van der Waals surface area contributed by atoms with Gasteiger partial charge in [-0.15, -0.1) is 0 Å². The van der Waals surface area contributed by atoms with E-state index in [2.05, 4.69) is 10.00 Å². The molecule has 6 heteroatoms. The van der Waals surface area contributed by atoms with E-state index in [0.717, 1.165) is 24.1 Å². The molecule has 0 radical (unpaired) electrons. The van der Waals surface area contributed by atoms with Crippen LogP contribution in [0.15, 0.2) is 0 Å². The Hall–Kier alpha value is -0.910. The molecule has 0 aliphatic carbocycles. The van der Waals surface area contributed by atoms with Gasteiger partial charge in [0.1, 0.15) is 17.5 Å². The van der Waals surface area contributed by atoms with Gasteiger partial charge in [0.2, 0.25) is 0 Å². The minimum atomic E-state index is -0.320. The van der Waals surface area contributed by atoms with Gasteiger partial charge in [0.25, 0.3) is 0 Å². The zero-order chi connectivity index (χ0) is 12.4. The van der Waals surface area contributed by atoms with Crippen LogP contribution in [0, 0.1) is 6.92 Å². The van der Waals surface area contributed by atoms with E-state index in [1.807, 2.05) is 14.0 Å². The lowest BCUT2D eigenvalue weighted by Gasteiger charge is -2.30. The average molecular weight is 258 g/mol. The van der Waals surface area contributed by atoms with Crippen molar-refractivity contribution in [3.8, 4) is 0 Å². The number of morpholine rings is 1. The molecule has 2 rings (SSSR count). The molecule has 94 valence electrons. The molecule has 0 spiro atoms. The molecule has 1 saturated heterocycles. The van der Waals surface area contributed by atoms with Gasteiger partial charge in [-0.2, -0.15) is 5.10 Å². The molecule has 0 bridgehead atoms. The molecule has 1 aliphatic rings. The predicted molar refractivity (Wildman–Crippen MR) is 64.0 cm³/mol. The molecule has 0 N–H and O–H groups in total. The molecule has 1 aromatic heterocycles. The first kappa shape index (κ1) is 12.5. The highest BCUT2D eigenvalue weighted by Crippen LogP contribution is 2.21. The number of ether oxygens (including phenoxy) is 1.